The molecule has 1 aliphatic rings. The molecule has 6 heteroatoms. The molecule has 21 heavy (non-hydrogen) atoms. The Labute approximate surface area is 127 Å². The summed E-state index contributed by atoms with van der Waals surface area (Å²) in [6.07, 6.45) is 1.85. The molecule has 0 unspecified atom stereocenters. The lowest BCUT2D eigenvalue weighted by Crippen LogP contribution is -2.26. The third-order valence-corrected chi connectivity index (χ3v) is 3.94. The van der Waals surface area contributed by atoms with Gasteiger partial charge in [-0.2, -0.15) is 0 Å². The minimum absolute atomic E-state index is 0.104. The summed E-state index contributed by atoms with van der Waals surface area (Å²) in [6, 6.07) is 4.51. The minimum Gasteiger partial charge on any atom is -0.481 e. The van der Waals surface area contributed by atoms with Crippen molar-refractivity contribution in [1.82, 2.24) is 5.32 Å². The highest BCUT2D eigenvalue weighted by atomic mass is 35.5. The lowest BCUT2D eigenvalue weighted by molar-refractivity contribution is -0.137. The highest BCUT2D eigenvalue weighted by Crippen LogP contribution is 2.50. The largest absolute Gasteiger partial charge is 0.481 e. The van der Waals surface area contributed by atoms with E-state index in [0.29, 0.717) is 36.4 Å². The molecule has 0 bridgehead atoms. The lowest BCUT2D eigenvalue weighted by Gasteiger charge is -2.06. The molecule has 0 radical (unpaired) electrons. The maximum absolute atomic E-state index is 13.7. The van der Waals surface area contributed by atoms with Gasteiger partial charge in [-0.3, -0.25) is 9.59 Å². The Bertz CT molecular complexity index is 529. The molecule has 4 nitrogen and oxygen atoms in total. The van der Waals surface area contributed by atoms with Gasteiger partial charge in [-0.1, -0.05) is 17.7 Å². The summed E-state index contributed by atoms with van der Waals surface area (Å²) in [6.45, 7) is 0.445. The molecule has 1 amide bonds. The van der Waals surface area contributed by atoms with Crippen molar-refractivity contribution in [2.45, 2.75) is 31.6 Å². The molecule has 0 aromatic heterocycles. The van der Waals surface area contributed by atoms with Crippen LogP contribution in [-0.2, 0) is 9.59 Å². The van der Waals surface area contributed by atoms with E-state index in [-0.39, 0.29) is 30.0 Å². The third-order valence-electron chi connectivity index (χ3n) is 3.61. The predicted molar refractivity (Wildman–Crippen MR) is 76.8 cm³/mol. The van der Waals surface area contributed by atoms with Crippen molar-refractivity contribution in [2.24, 2.45) is 5.92 Å². The number of benzene rings is 1. The van der Waals surface area contributed by atoms with Crippen LogP contribution in [0.25, 0.3) is 0 Å². The Morgan fingerprint density at radius 3 is 2.81 bits per heavy atom. The van der Waals surface area contributed by atoms with E-state index in [4.69, 9.17) is 16.7 Å². The Morgan fingerprint density at radius 2 is 2.14 bits per heavy atom. The summed E-state index contributed by atoms with van der Waals surface area (Å²) in [5.74, 6) is -1.71. The van der Waals surface area contributed by atoms with Gasteiger partial charge in [0.25, 0.3) is 0 Å². The number of nitrogens with one attached hydrogen (secondary N) is 1. The average molecular weight is 314 g/mol. The lowest BCUT2D eigenvalue weighted by atomic mass is 10.1. The first-order valence-electron chi connectivity index (χ1n) is 6.94. The number of aliphatic carboxylic acids is 1. The van der Waals surface area contributed by atoms with Crippen LogP contribution < -0.4 is 5.32 Å². The highest BCUT2D eigenvalue weighted by Gasteiger charge is 2.45. The zero-order valence-corrected chi connectivity index (χ0v) is 12.2. The van der Waals surface area contributed by atoms with Crippen molar-refractivity contribution in [3.05, 3.63) is 34.6 Å². The van der Waals surface area contributed by atoms with Crippen molar-refractivity contribution >= 4 is 23.5 Å². The molecule has 1 fully saturated rings. The van der Waals surface area contributed by atoms with Gasteiger partial charge in [0.05, 0.1) is 0 Å². The minimum atomic E-state index is -0.835. The zero-order chi connectivity index (χ0) is 15.4. The van der Waals surface area contributed by atoms with Crippen LogP contribution in [0.5, 0.6) is 0 Å². The number of carboxylic acids is 1. The van der Waals surface area contributed by atoms with E-state index in [9.17, 15) is 14.0 Å². The van der Waals surface area contributed by atoms with E-state index >= 15 is 0 Å². The molecule has 1 aromatic carbocycles. The van der Waals surface area contributed by atoms with E-state index < -0.39 is 5.97 Å². The molecule has 2 rings (SSSR count). The normalized spacial score (nSPS) is 20.1. The Kier molecular flexibility index (Phi) is 5.17. The van der Waals surface area contributed by atoms with Crippen LogP contribution >= 0.6 is 11.6 Å². The Morgan fingerprint density at radius 1 is 1.38 bits per heavy atom. The van der Waals surface area contributed by atoms with Gasteiger partial charge in [0.2, 0.25) is 5.91 Å². The van der Waals surface area contributed by atoms with Crippen LogP contribution in [0, 0.1) is 11.7 Å². The number of rotatable bonds is 7. The quantitative estimate of drug-likeness (QED) is 0.761. The standard InChI is InChI=1S/C15H17ClFNO3/c16-11-4-3-5-12(17)14(11)9-8-10(9)15(21)18-7-2-1-6-13(19)20/h3-5,9-10H,1-2,6-8H2,(H,18,21)(H,19,20)/t9-,10-/m1/s1. The van der Waals surface area contributed by atoms with E-state index in [0.717, 1.165) is 0 Å². The summed E-state index contributed by atoms with van der Waals surface area (Å²) in [7, 11) is 0. The summed E-state index contributed by atoms with van der Waals surface area (Å²) in [5.41, 5.74) is 0.421. The number of hydrogen-bond acceptors (Lipinski definition) is 2. The van der Waals surface area contributed by atoms with Gasteiger partial charge in [0.15, 0.2) is 0 Å². The highest BCUT2D eigenvalue weighted by molar-refractivity contribution is 6.31. The van der Waals surface area contributed by atoms with Gasteiger partial charge in [-0.25, -0.2) is 4.39 Å². The summed E-state index contributed by atoms with van der Waals surface area (Å²) >= 11 is 5.98. The van der Waals surface area contributed by atoms with E-state index in [1.807, 2.05) is 0 Å². The molecular weight excluding hydrogens is 297 g/mol. The van der Waals surface area contributed by atoms with Crippen molar-refractivity contribution in [3.8, 4) is 0 Å². The SMILES string of the molecule is O=C(O)CCCCNC(=O)[C@@H]1C[C@H]1c1c(F)cccc1Cl. The third kappa shape index (κ3) is 4.17. The predicted octanol–water partition coefficient (Wildman–Crippen LogP) is 2.95. The van der Waals surface area contributed by atoms with Crippen LogP contribution in [0.4, 0.5) is 4.39 Å². The second-order valence-corrected chi connectivity index (χ2v) is 5.63. The maximum atomic E-state index is 13.7. The van der Waals surface area contributed by atoms with Crippen LogP contribution in [0.2, 0.25) is 5.02 Å². The van der Waals surface area contributed by atoms with Crippen molar-refractivity contribution < 1.29 is 19.1 Å². The monoisotopic (exact) mass is 313 g/mol. The summed E-state index contributed by atoms with van der Waals surface area (Å²) in [5, 5.41) is 11.6. The Hall–Kier alpha value is -1.62. The first-order chi connectivity index (χ1) is 10.0. The summed E-state index contributed by atoms with van der Waals surface area (Å²) < 4.78 is 13.7. The molecule has 2 N–H and O–H groups in total. The number of halogens is 2. The van der Waals surface area contributed by atoms with Gasteiger partial charge >= 0.3 is 5.97 Å². The van der Waals surface area contributed by atoms with Crippen LogP contribution in [0.1, 0.15) is 37.2 Å². The van der Waals surface area contributed by atoms with Crippen molar-refractivity contribution in [1.29, 1.82) is 0 Å². The molecule has 0 spiro atoms. The molecule has 1 aromatic rings. The van der Waals surface area contributed by atoms with Crippen LogP contribution in [-0.4, -0.2) is 23.5 Å². The van der Waals surface area contributed by atoms with E-state index in [1.54, 1.807) is 12.1 Å². The zero-order valence-electron chi connectivity index (χ0n) is 11.4. The molecule has 0 saturated heterocycles. The van der Waals surface area contributed by atoms with Crippen molar-refractivity contribution in [2.75, 3.05) is 6.54 Å². The molecule has 114 valence electrons. The van der Waals surface area contributed by atoms with Gasteiger partial charge in [-0.05, 0) is 31.4 Å². The summed E-state index contributed by atoms with van der Waals surface area (Å²) in [4.78, 5) is 22.3. The Balaban J connectivity index is 1.78. The van der Waals surface area contributed by atoms with Gasteiger partial charge in [0, 0.05) is 35.4 Å². The molecule has 0 heterocycles. The second kappa shape index (κ2) is 6.89. The van der Waals surface area contributed by atoms with Crippen LogP contribution in [0.3, 0.4) is 0 Å². The number of unbranched alkanes of at least 4 members (excludes halogenated alkanes) is 1. The number of carboxylic acid groups (broad SMARTS) is 1. The second-order valence-electron chi connectivity index (χ2n) is 5.23. The molecule has 2 atom stereocenters. The number of carbonyl (C=O) groups is 2. The molecule has 1 aliphatic carbocycles. The fourth-order valence-electron chi connectivity index (χ4n) is 2.41. The molecule has 0 aliphatic heterocycles. The van der Waals surface area contributed by atoms with Gasteiger partial charge < -0.3 is 10.4 Å². The number of hydrogen-bond donors (Lipinski definition) is 2. The molecule has 1 saturated carbocycles. The van der Waals surface area contributed by atoms with Crippen LogP contribution in [0.15, 0.2) is 18.2 Å². The topological polar surface area (TPSA) is 66.4 Å². The first kappa shape index (κ1) is 15.8. The molecular formula is C15H17ClFNO3. The number of amides is 1. The number of carbonyl (C=O) groups excluding carboxylic acids is 1. The fourth-order valence-corrected chi connectivity index (χ4v) is 2.72. The van der Waals surface area contributed by atoms with Gasteiger partial charge in [-0.15, -0.1) is 0 Å². The van der Waals surface area contributed by atoms with Gasteiger partial charge in [0.1, 0.15) is 5.82 Å². The van der Waals surface area contributed by atoms with E-state index in [2.05, 4.69) is 5.32 Å². The van der Waals surface area contributed by atoms with E-state index in [1.165, 1.54) is 6.07 Å². The fraction of sp³-hybridized carbons (Fsp3) is 0.467. The smallest absolute Gasteiger partial charge is 0.303 e. The first-order valence-corrected chi connectivity index (χ1v) is 7.32. The van der Waals surface area contributed by atoms with Crippen molar-refractivity contribution in [3.63, 3.8) is 0 Å². The average Bonchev–Trinajstić information content (AvgIpc) is 3.18. The maximum Gasteiger partial charge on any atom is 0.303 e.